The summed E-state index contributed by atoms with van der Waals surface area (Å²) < 4.78 is 34.7. The van der Waals surface area contributed by atoms with Crippen LogP contribution in [0.1, 0.15) is 133 Å². The molecule has 3 aliphatic heterocycles. The average molecular weight is 765 g/mol. The van der Waals surface area contributed by atoms with Gasteiger partial charge in [0.25, 0.3) is 0 Å². The summed E-state index contributed by atoms with van der Waals surface area (Å²) in [4.78, 5) is 0. The van der Waals surface area contributed by atoms with Gasteiger partial charge >= 0.3 is 0 Å². The zero-order valence-electron chi connectivity index (χ0n) is 36.2. The summed E-state index contributed by atoms with van der Waals surface area (Å²) in [6.07, 6.45) is 0.0773. The van der Waals surface area contributed by atoms with Crippen LogP contribution < -0.4 is 28.4 Å². The van der Waals surface area contributed by atoms with Gasteiger partial charge in [-0.15, -0.1) is 0 Å². The second kappa shape index (κ2) is 25.2. The Morgan fingerprint density at radius 3 is 1.07 bits per heavy atom. The Balaban J connectivity index is 0. The fourth-order valence-electron chi connectivity index (χ4n) is 4.88. The van der Waals surface area contributed by atoms with Crippen LogP contribution in [-0.4, -0.2) is 31.7 Å². The van der Waals surface area contributed by atoms with Crippen LogP contribution in [0.5, 0.6) is 34.5 Å². The molecule has 3 aliphatic rings. The first-order valence-corrected chi connectivity index (χ1v) is 19.8. The maximum absolute atomic E-state index is 6.08. The van der Waals surface area contributed by atoms with E-state index in [9.17, 15) is 0 Å². The maximum Gasteiger partial charge on any atom is 0.246 e. The van der Waals surface area contributed by atoms with E-state index in [-0.39, 0.29) is 49.6 Å². The lowest BCUT2D eigenvalue weighted by Gasteiger charge is -2.35. The van der Waals surface area contributed by atoms with Gasteiger partial charge in [0.05, 0.1) is 0 Å². The van der Waals surface area contributed by atoms with E-state index in [0.717, 1.165) is 34.5 Å². The number of rotatable bonds is 0. The molecule has 6 heteroatoms. The van der Waals surface area contributed by atoms with Crippen molar-refractivity contribution in [2.45, 2.75) is 151 Å². The number of hydrogen-bond donors (Lipinski definition) is 0. The van der Waals surface area contributed by atoms with Crippen LogP contribution in [0.25, 0.3) is 10.8 Å². The van der Waals surface area contributed by atoms with Crippen molar-refractivity contribution in [1.29, 1.82) is 0 Å². The first kappa shape index (κ1) is 53.0. The van der Waals surface area contributed by atoms with Gasteiger partial charge in [-0.05, 0) is 47.2 Å². The lowest BCUT2D eigenvalue weighted by Crippen LogP contribution is -2.39. The Morgan fingerprint density at radius 2 is 0.691 bits per heavy atom. The molecule has 4 aromatic carbocycles. The molecular formula is C49H80O6. The zero-order chi connectivity index (χ0) is 40.4. The number of ether oxygens (including phenoxy) is 6. The highest BCUT2D eigenvalue weighted by atomic mass is 16.7. The molecule has 0 spiro atoms. The molecule has 0 N–H and O–H groups in total. The summed E-state index contributed by atoms with van der Waals surface area (Å²) in [6.45, 7) is 36.6. The highest BCUT2D eigenvalue weighted by Crippen LogP contribution is 2.40. The summed E-state index contributed by atoms with van der Waals surface area (Å²) in [6, 6.07) is 28.0. The van der Waals surface area contributed by atoms with Crippen molar-refractivity contribution in [3.63, 3.8) is 0 Å². The normalized spacial score (nSPS) is 15.7. The third-order valence-corrected chi connectivity index (χ3v) is 7.94. The smallest absolute Gasteiger partial charge is 0.246 e. The van der Waals surface area contributed by atoms with E-state index in [1.807, 2.05) is 116 Å². The van der Waals surface area contributed by atoms with Gasteiger partial charge < -0.3 is 28.4 Å². The molecule has 3 heterocycles. The third-order valence-electron chi connectivity index (χ3n) is 7.94. The van der Waals surface area contributed by atoms with Crippen molar-refractivity contribution in [2.75, 3.05) is 13.2 Å². The fraction of sp³-hybridized carbons (Fsp3) is 0.551. The van der Waals surface area contributed by atoms with Gasteiger partial charge in [-0.2, -0.15) is 0 Å². The summed E-state index contributed by atoms with van der Waals surface area (Å²) in [7, 11) is 0. The lowest BCUT2D eigenvalue weighted by atomic mass is 9.89. The van der Waals surface area contributed by atoms with Gasteiger partial charge in [-0.3, -0.25) is 0 Å². The maximum atomic E-state index is 6.08. The van der Waals surface area contributed by atoms with E-state index in [1.54, 1.807) is 0 Å². The molecule has 0 aliphatic carbocycles. The van der Waals surface area contributed by atoms with Gasteiger partial charge in [0.2, 0.25) is 6.29 Å². The zero-order valence-corrected chi connectivity index (χ0v) is 36.2. The number of para-hydroxylation sites is 4. The van der Waals surface area contributed by atoms with Crippen LogP contribution in [0.2, 0.25) is 0 Å². The Bertz CT molecular complexity index is 1570. The van der Waals surface area contributed by atoms with E-state index < -0.39 is 0 Å². The molecule has 6 nitrogen and oxygen atoms in total. The molecule has 55 heavy (non-hydrogen) atoms. The Hall–Kier alpha value is -4.06. The topological polar surface area (TPSA) is 55.4 Å². The second-order valence-electron chi connectivity index (χ2n) is 15.0. The number of fused-ring (bicyclic) bond motifs is 4. The first-order chi connectivity index (χ1) is 25.2. The molecule has 0 amide bonds. The summed E-state index contributed by atoms with van der Waals surface area (Å²) in [5, 5.41) is 2.38. The van der Waals surface area contributed by atoms with Crippen molar-refractivity contribution in [2.24, 2.45) is 16.2 Å². The molecule has 0 saturated carbocycles. The predicted octanol–water partition coefficient (Wildman–Crippen LogP) is 15.1. The highest BCUT2D eigenvalue weighted by Gasteiger charge is 2.35. The van der Waals surface area contributed by atoms with Gasteiger partial charge in [0.15, 0.2) is 34.5 Å². The van der Waals surface area contributed by atoms with Crippen molar-refractivity contribution >= 4 is 10.8 Å². The minimum Gasteiger partial charge on any atom is -0.486 e. The van der Waals surface area contributed by atoms with Crippen LogP contribution in [-0.2, 0) is 0 Å². The van der Waals surface area contributed by atoms with Gasteiger partial charge in [0.1, 0.15) is 25.4 Å². The Kier molecular flexibility index (Phi) is 24.3. The first-order valence-electron chi connectivity index (χ1n) is 19.8. The van der Waals surface area contributed by atoms with Crippen LogP contribution in [0, 0.1) is 16.2 Å². The van der Waals surface area contributed by atoms with Crippen molar-refractivity contribution < 1.29 is 28.4 Å². The molecule has 0 aromatic heterocycles. The van der Waals surface area contributed by atoms with Gasteiger partial charge in [0, 0.05) is 16.2 Å². The van der Waals surface area contributed by atoms with Crippen LogP contribution in [0.3, 0.4) is 0 Å². The monoisotopic (exact) mass is 765 g/mol. The molecule has 4 aromatic rings. The Morgan fingerprint density at radius 1 is 0.382 bits per heavy atom. The second-order valence-corrected chi connectivity index (χ2v) is 15.0. The molecular weight excluding hydrogens is 685 g/mol. The SMILES string of the molecule is C.C.CC.CC.CC.CC.CC(C)(C)C1COc2cc3ccccc3cc2O1.CC(C)(C)C1COc2ccccc2O1.CC(C)(C)C1Oc2ccccc2O1. The van der Waals surface area contributed by atoms with E-state index in [0.29, 0.717) is 13.2 Å². The fourth-order valence-corrected chi connectivity index (χ4v) is 4.88. The van der Waals surface area contributed by atoms with E-state index in [4.69, 9.17) is 28.4 Å². The molecule has 2 unspecified atom stereocenters. The predicted molar refractivity (Wildman–Crippen MR) is 239 cm³/mol. The van der Waals surface area contributed by atoms with Gasteiger partial charge in [-0.25, -0.2) is 0 Å². The van der Waals surface area contributed by atoms with Crippen molar-refractivity contribution in [3.8, 4) is 34.5 Å². The molecule has 0 radical (unpaired) electrons. The standard InChI is InChI=1S/C16H18O2.C12H16O2.C11H14O2.4C2H6.2CH4/c1-16(2,3)15-10-17-13-8-11-6-4-5-7-12(11)9-14(13)18-15;1-12(2,3)11-8-13-9-6-4-5-7-10(9)14-11;1-11(2,3)10-12-8-6-4-5-7-9(8)13-10;4*1-2;;/h4-9,15H,10H2,1-3H3;4-7,11H,8H2,1-3H3;4-7,10H,1-3H3;4*1-2H3;2*1H4. The Labute approximate surface area is 338 Å². The lowest BCUT2D eigenvalue weighted by molar-refractivity contribution is -0.0396. The molecule has 7 rings (SSSR count). The van der Waals surface area contributed by atoms with Crippen molar-refractivity contribution in [3.05, 3.63) is 84.9 Å². The quantitative estimate of drug-likeness (QED) is 0.178. The minimum absolute atomic E-state index is 0. The molecule has 2 atom stereocenters. The highest BCUT2D eigenvalue weighted by molar-refractivity contribution is 5.86. The van der Waals surface area contributed by atoms with Gasteiger partial charge in [-0.1, -0.05) is 181 Å². The van der Waals surface area contributed by atoms with E-state index in [1.165, 1.54) is 10.8 Å². The molecule has 312 valence electrons. The summed E-state index contributed by atoms with van der Waals surface area (Å²) in [5.74, 6) is 5.13. The largest absolute Gasteiger partial charge is 0.486 e. The molecule has 0 bridgehead atoms. The number of benzene rings is 4. The third kappa shape index (κ3) is 15.9. The van der Waals surface area contributed by atoms with E-state index in [2.05, 4.69) is 86.6 Å². The van der Waals surface area contributed by atoms with E-state index >= 15 is 0 Å². The summed E-state index contributed by atoms with van der Waals surface area (Å²) >= 11 is 0. The van der Waals surface area contributed by atoms with Crippen LogP contribution in [0.15, 0.2) is 84.9 Å². The van der Waals surface area contributed by atoms with Crippen LogP contribution in [0.4, 0.5) is 0 Å². The molecule has 0 fully saturated rings. The minimum atomic E-state index is -0.162. The average Bonchev–Trinajstić information content (AvgIpc) is 3.62. The van der Waals surface area contributed by atoms with Crippen molar-refractivity contribution in [1.82, 2.24) is 0 Å². The van der Waals surface area contributed by atoms with Crippen LogP contribution >= 0.6 is 0 Å². The summed E-state index contributed by atoms with van der Waals surface area (Å²) in [5.41, 5.74) is 0.218. The number of hydrogen-bond acceptors (Lipinski definition) is 6. The molecule has 0 saturated heterocycles.